The molecule has 0 saturated carbocycles. The zero-order valence-electron chi connectivity index (χ0n) is 15.7. The number of aromatic amines is 1. The average molecular weight is 379 g/mol. The second-order valence-electron chi connectivity index (χ2n) is 6.80. The van der Waals surface area contributed by atoms with Crippen LogP contribution in [0.15, 0.2) is 37.0 Å². The van der Waals surface area contributed by atoms with Crippen LogP contribution in [0, 0.1) is 20.8 Å². The fraction of sp³-hybridized carbons (Fsp3) is 0.200. The smallest absolute Gasteiger partial charge is 0.339 e. The number of phenols is 1. The Morgan fingerprint density at radius 3 is 2.46 bits per heavy atom. The van der Waals surface area contributed by atoms with Gasteiger partial charge in [-0.1, -0.05) is 0 Å². The van der Waals surface area contributed by atoms with Crippen LogP contribution in [0.3, 0.4) is 0 Å². The average Bonchev–Trinajstić information content (AvgIpc) is 2.67. The van der Waals surface area contributed by atoms with E-state index in [4.69, 9.17) is 4.42 Å². The van der Waals surface area contributed by atoms with Crippen LogP contribution in [0.5, 0.6) is 5.75 Å². The van der Waals surface area contributed by atoms with Crippen LogP contribution in [-0.4, -0.2) is 19.6 Å². The summed E-state index contributed by atoms with van der Waals surface area (Å²) >= 11 is 0. The molecule has 1 aromatic carbocycles. The van der Waals surface area contributed by atoms with Crippen LogP contribution in [0.2, 0.25) is 0 Å². The molecule has 0 aliphatic carbocycles. The monoisotopic (exact) mass is 379 g/mol. The van der Waals surface area contributed by atoms with Gasteiger partial charge in [0, 0.05) is 29.1 Å². The van der Waals surface area contributed by atoms with Crippen molar-refractivity contribution < 1.29 is 9.52 Å². The van der Waals surface area contributed by atoms with Crippen LogP contribution < -0.4 is 16.9 Å². The largest absolute Gasteiger partial charge is 0.507 e. The molecule has 3 heterocycles. The minimum atomic E-state index is -0.575. The van der Waals surface area contributed by atoms with E-state index in [9.17, 15) is 19.5 Å². The van der Waals surface area contributed by atoms with Crippen LogP contribution in [-0.2, 0) is 7.05 Å². The Bertz CT molecular complexity index is 1470. The molecule has 8 nitrogen and oxygen atoms in total. The maximum Gasteiger partial charge on any atom is 0.339 e. The summed E-state index contributed by atoms with van der Waals surface area (Å²) in [5.74, 6) is -0.0828. The lowest BCUT2D eigenvalue weighted by Crippen LogP contribution is -2.28. The van der Waals surface area contributed by atoms with Gasteiger partial charge < -0.3 is 9.52 Å². The van der Waals surface area contributed by atoms with E-state index < -0.39 is 16.9 Å². The summed E-state index contributed by atoms with van der Waals surface area (Å²) in [5, 5.41) is 11.7. The maximum atomic E-state index is 12.0. The van der Waals surface area contributed by atoms with Crippen molar-refractivity contribution in [2.24, 2.45) is 7.05 Å². The lowest BCUT2D eigenvalue weighted by Gasteiger charge is -2.13. The molecule has 0 atom stereocenters. The number of hydrogen-bond donors (Lipinski definition) is 2. The SMILES string of the molecule is Cc1c(C)c2cc(-c3ccc4c(=O)[nH]c(=O)n(C)c4n3)c(O)c(C)c2oc1=O. The molecular weight excluding hydrogens is 362 g/mol. The molecule has 142 valence electrons. The molecule has 2 N–H and O–H groups in total. The lowest BCUT2D eigenvalue weighted by atomic mass is 9.98. The first-order chi connectivity index (χ1) is 13.2. The highest BCUT2D eigenvalue weighted by Gasteiger charge is 2.18. The highest BCUT2D eigenvalue weighted by atomic mass is 16.4. The summed E-state index contributed by atoms with van der Waals surface area (Å²) < 4.78 is 6.61. The molecule has 0 radical (unpaired) electrons. The van der Waals surface area contributed by atoms with Crippen molar-refractivity contribution in [2.75, 3.05) is 0 Å². The molecule has 0 saturated heterocycles. The van der Waals surface area contributed by atoms with Crippen molar-refractivity contribution in [1.82, 2.24) is 14.5 Å². The Labute approximate surface area is 157 Å². The van der Waals surface area contributed by atoms with Crippen molar-refractivity contribution in [3.63, 3.8) is 0 Å². The molecule has 0 spiro atoms. The molecule has 0 bridgehead atoms. The minimum Gasteiger partial charge on any atom is -0.507 e. The normalized spacial score (nSPS) is 11.4. The van der Waals surface area contributed by atoms with Gasteiger partial charge in [0.2, 0.25) is 0 Å². The molecule has 0 unspecified atom stereocenters. The van der Waals surface area contributed by atoms with Gasteiger partial charge in [0.25, 0.3) is 5.56 Å². The Balaban J connectivity index is 2.11. The molecule has 0 aliphatic rings. The fourth-order valence-corrected chi connectivity index (χ4v) is 3.30. The highest BCUT2D eigenvalue weighted by Crippen LogP contribution is 2.37. The maximum absolute atomic E-state index is 12.0. The van der Waals surface area contributed by atoms with E-state index in [1.54, 1.807) is 32.0 Å². The summed E-state index contributed by atoms with van der Waals surface area (Å²) in [4.78, 5) is 42.6. The topological polar surface area (TPSA) is 118 Å². The van der Waals surface area contributed by atoms with Gasteiger partial charge in [-0.05, 0) is 44.5 Å². The van der Waals surface area contributed by atoms with Crippen LogP contribution >= 0.6 is 0 Å². The first-order valence-electron chi connectivity index (χ1n) is 8.57. The zero-order valence-corrected chi connectivity index (χ0v) is 15.7. The number of H-pyrrole nitrogens is 1. The summed E-state index contributed by atoms with van der Waals surface area (Å²) in [6.45, 7) is 5.14. The molecule has 4 aromatic rings. The first kappa shape index (κ1) is 17.7. The molecule has 0 aliphatic heterocycles. The summed E-state index contributed by atoms with van der Waals surface area (Å²) in [7, 11) is 1.51. The Morgan fingerprint density at radius 2 is 1.75 bits per heavy atom. The van der Waals surface area contributed by atoms with Crippen molar-refractivity contribution in [3.8, 4) is 17.0 Å². The Hall–Kier alpha value is -3.68. The second-order valence-corrected chi connectivity index (χ2v) is 6.80. The number of rotatable bonds is 1. The van der Waals surface area contributed by atoms with E-state index in [-0.39, 0.29) is 16.8 Å². The standard InChI is InChI=1S/C20H17N3O5/c1-8-9(2)19(26)28-16-10(3)15(24)13(7-12(8)16)14-6-5-11-17(21-14)23(4)20(27)22-18(11)25/h5-7,24H,1-4H3,(H,22,25,27). The number of aryl methyl sites for hydroxylation is 3. The number of pyridine rings is 1. The van der Waals surface area contributed by atoms with Gasteiger partial charge in [-0.25, -0.2) is 14.6 Å². The lowest BCUT2D eigenvalue weighted by molar-refractivity contribution is 0.469. The van der Waals surface area contributed by atoms with Gasteiger partial charge in [0.15, 0.2) is 0 Å². The second kappa shape index (κ2) is 5.91. The molecular formula is C20H17N3O5. The fourth-order valence-electron chi connectivity index (χ4n) is 3.30. The Morgan fingerprint density at radius 1 is 1.04 bits per heavy atom. The van der Waals surface area contributed by atoms with Crippen molar-refractivity contribution >= 4 is 22.0 Å². The minimum absolute atomic E-state index is 0.0828. The summed E-state index contributed by atoms with van der Waals surface area (Å²) in [6, 6.07) is 4.85. The van der Waals surface area contributed by atoms with Crippen LogP contribution in [0.1, 0.15) is 16.7 Å². The van der Waals surface area contributed by atoms with Crippen molar-refractivity contribution in [2.45, 2.75) is 20.8 Å². The number of phenolic OH excluding ortho intramolecular Hbond substituents is 1. The summed E-state index contributed by atoms with van der Waals surface area (Å²) in [5.41, 5.74) is 1.43. The predicted octanol–water partition coefficient (Wildman–Crippen LogP) is 2.03. The van der Waals surface area contributed by atoms with Crippen molar-refractivity contribution in [3.05, 3.63) is 66.1 Å². The molecule has 28 heavy (non-hydrogen) atoms. The van der Waals surface area contributed by atoms with Gasteiger partial charge in [0.05, 0.1) is 11.1 Å². The third-order valence-corrected chi connectivity index (χ3v) is 5.19. The van der Waals surface area contributed by atoms with Crippen molar-refractivity contribution in [1.29, 1.82) is 0 Å². The molecule has 4 rings (SSSR count). The zero-order chi connectivity index (χ0) is 20.3. The number of nitrogens with zero attached hydrogens (tertiary/aromatic N) is 2. The van der Waals surface area contributed by atoms with Crippen LogP contribution in [0.25, 0.3) is 33.3 Å². The number of nitrogens with one attached hydrogen (secondary N) is 1. The number of benzene rings is 1. The van der Waals surface area contributed by atoms with Crippen LogP contribution in [0.4, 0.5) is 0 Å². The molecule has 0 amide bonds. The predicted molar refractivity (Wildman–Crippen MR) is 105 cm³/mol. The molecule has 8 heteroatoms. The van der Waals surface area contributed by atoms with E-state index in [2.05, 4.69) is 9.97 Å². The highest BCUT2D eigenvalue weighted by molar-refractivity contribution is 5.92. The van der Waals surface area contributed by atoms with Gasteiger partial charge >= 0.3 is 11.3 Å². The third-order valence-electron chi connectivity index (χ3n) is 5.19. The van der Waals surface area contributed by atoms with E-state index in [0.717, 1.165) is 5.56 Å². The number of hydrogen-bond acceptors (Lipinski definition) is 6. The first-order valence-corrected chi connectivity index (χ1v) is 8.57. The van der Waals surface area contributed by atoms with E-state index in [0.29, 0.717) is 33.4 Å². The number of fused-ring (bicyclic) bond motifs is 2. The van der Waals surface area contributed by atoms with Gasteiger partial charge in [0.1, 0.15) is 17.0 Å². The van der Waals surface area contributed by atoms with Gasteiger partial charge in [-0.15, -0.1) is 0 Å². The number of aromatic hydroxyl groups is 1. The van der Waals surface area contributed by atoms with E-state index >= 15 is 0 Å². The van der Waals surface area contributed by atoms with Gasteiger partial charge in [-0.2, -0.15) is 0 Å². The number of aromatic nitrogens is 3. The molecule has 3 aromatic heterocycles. The van der Waals surface area contributed by atoms with E-state index in [1.807, 2.05) is 6.92 Å². The molecule has 0 fully saturated rings. The van der Waals surface area contributed by atoms with Gasteiger partial charge in [-0.3, -0.25) is 14.3 Å². The third kappa shape index (κ3) is 2.38. The van der Waals surface area contributed by atoms with E-state index in [1.165, 1.54) is 11.6 Å². The summed E-state index contributed by atoms with van der Waals surface area (Å²) in [6.07, 6.45) is 0. The quantitative estimate of drug-likeness (QED) is 0.489. The Kier molecular flexibility index (Phi) is 3.74.